The SMILES string of the molecule is Cc1ccc(F)cc1-c1oncc1C(=O)O. The van der Waals surface area contributed by atoms with Gasteiger partial charge in [-0.2, -0.15) is 0 Å². The average molecular weight is 221 g/mol. The summed E-state index contributed by atoms with van der Waals surface area (Å²) in [6.45, 7) is 1.74. The molecule has 82 valence electrons. The van der Waals surface area contributed by atoms with Gasteiger partial charge >= 0.3 is 5.97 Å². The number of hydrogen-bond acceptors (Lipinski definition) is 3. The van der Waals surface area contributed by atoms with Gasteiger partial charge in [-0.25, -0.2) is 9.18 Å². The first-order valence-electron chi connectivity index (χ1n) is 4.54. The first-order valence-corrected chi connectivity index (χ1v) is 4.54. The van der Waals surface area contributed by atoms with Crippen LogP contribution in [0, 0.1) is 12.7 Å². The second kappa shape index (κ2) is 3.77. The maximum absolute atomic E-state index is 13.1. The second-order valence-electron chi connectivity index (χ2n) is 3.33. The molecule has 1 heterocycles. The van der Waals surface area contributed by atoms with Crippen molar-refractivity contribution in [3.05, 3.63) is 41.3 Å². The Morgan fingerprint density at radius 2 is 2.25 bits per heavy atom. The van der Waals surface area contributed by atoms with Crippen molar-refractivity contribution in [2.75, 3.05) is 0 Å². The first kappa shape index (κ1) is 10.4. The summed E-state index contributed by atoms with van der Waals surface area (Å²) < 4.78 is 17.9. The molecule has 2 aromatic rings. The molecule has 1 aromatic carbocycles. The summed E-state index contributed by atoms with van der Waals surface area (Å²) in [4.78, 5) is 10.9. The van der Waals surface area contributed by atoms with E-state index < -0.39 is 11.8 Å². The van der Waals surface area contributed by atoms with E-state index in [-0.39, 0.29) is 11.3 Å². The van der Waals surface area contributed by atoms with Crippen LogP contribution in [0.2, 0.25) is 0 Å². The van der Waals surface area contributed by atoms with Crippen molar-refractivity contribution in [2.24, 2.45) is 0 Å². The molecular formula is C11H8FNO3. The molecule has 0 unspecified atom stereocenters. The molecule has 0 aliphatic heterocycles. The van der Waals surface area contributed by atoms with Crippen molar-refractivity contribution < 1.29 is 18.8 Å². The van der Waals surface area contributed by atoms with Gasteiger partial charge in [-0.1, -0.05) is 11.2 Å². The topological polar surface area (TPSA) is 63.3 Å². The molecule has 0 bridgehead atoms. The first-order chi connectivity index (χ1) is 7.59. The van der Waals surface area contributed by atoms with E-state index in [0.29, 0.717) is 5.56 Å². The molecular weight excluding hydrogens is 213 g/mol. The van der Waals surface area contributed by atoms with Crippen molar-refractivity contribution in [1.82, 2.24) is 5.16 Å². The smallest absolute Gasteiger partial charge is 0.341 e. The minimum absolute atomic E-state index is 0.0736. The molecule has 1 aromatic heterocycles. The van der Waals surface area contributed by atoms with E-state index in [1.54, 1.807) is 13.0 Å². The van der Waals surface area contributed by atoms with Crippen LogP contribution in [0.5, 0.6) is 0 Å². The molecule has 0 fully saturated rings. The third-order valence-corrected chi connectivity index (χ3v) is 2.25. The van der Waals surface area contributed by atoms with Crippen LogP contribution in [0.25, 0.3) is 11.3 Å². The van der Waals surface area contributed by atoms with Gasteiger partial charge in [0.25, 0.3) is 0 Å². The lowest BCUT2D eigenvalue weighted by Gasteiger charge is -2.02. The number of halogens is 1. The maximum Gasteiger partial charge on any atom is 0.341 e. The summed E-state index contributed by atoms with van der Waals surface area (Å²) in [6, 6.07) is 4.08. The minimum atomic E-state index is -1.15. The number of aromatic carboxylic acids is 1. The van der Waals surface area contributed by atoms with Crippen LogP contribution in [0.3, 0.4) is 0 Å². The highest BCUT2D eigenvalue weighted by Gasteiger charge is 2.18. The van der Waals surface area contributed by atoms with Crippen LogP contribution >= 0.6 is 0 Å². The molecule has 5 heteroatoms. The quantitative estimate of drug-likeness (QED) is 0.846. The summed E-state index contributed by atoms with van der Waals surface area (Å²) in [5.74, 6) is -1.53. The van der Waals surface area contributed by atoms with Crippen molar-refractivity contribution in [3.8, 4) is 11.3 Å². The molecule has 0 aliphatic carbocycles. The zero-order valence-corrected chi connectivity index (χ0v) is 8.40. The number of hydrogen-bond donors (Lipinski definition) is 1. The molecule has 0 aliphatic rings. The minimum Gasteiger partial charge on any atom is -0.477 e. The highest BCUT2D eigenvalue weighted by Crippen LogP contribution is 2.27. The Morgan fingerprint density at radius 1 is 1.50 bits per heavy atom. The number of benzene rings is 1. The van der Waals surface area contributed by atoms with E-state index in [2.05, 4.69) is 5.16 Å². The average Bonchev–Trinajstić information content (AvgIpc) is 2.70. The Kier molecular flexibility index (Phi) is 2.44. The van der Waals surface area contributed by atoms with Gasteiger partial charge < -0.3 is 9.63 Å². The number of rotatable bonds is 2. The molecule has 0 saturated carbocycles. The number of carboxylic acid groups (broad SMARTS) is 1. The molecule has 1 N–H and O–H groups in total. The molecule has 0 spiro atoms. The Hall–Kier alpha value is -2.17. The molecule has 4 nitrogen and oxygen atoms in total. The molecule has 0 amide bonds. The number of carboxylic acids is 1. The van der Waals surface area contributed by atoms with Crippen molar-refractivity contribution in [1.29, 1.82) is 0 Å². The van der Waals surface area contributed by atoms with Gasteiger partial charge in [-0.15, -0.1) is 0 Å². The summed E-state index contributed by atoms with van der Waals surface area (Å²) in [7, 11) is 0. The molecule has 0 radical (unpaired) electrons. The van der Waals surface area contributed by atoms with Gasteiger partial charge in [0.05, 0.1) is 6.20 Å². The number of aromatic nitrogens is 1. The molecule has 0 atom stereocenters. The van der Waals surface area contributed by atoms with Gasteiger partial charge in [0.15, 0.2) is 5.76 Å². The normalized spacial score (nSPS) is 10.4. The largest absolute Gasteiger partial charge is 0.477 e. The van der Waals surface area contributed by atoms with Crippen molar-refractivity contribution in [3.63, 3.8) is 0 Å². The van der Waals surface area contributed by atoms with E-state index in [0.717, 1.165) is 11.8 Å². The van der Waals surface area contributed by atoms with Crippen LogP contribution in [-0.4, -0.2) is 16.2 Å². The van der Waals surface area contributed by atoms with Crippen molar-refractivity contribution in [2.45, 2.75) is 6.92 Å². The van der Waals surface area contributed by atoms with Crippen LogP contribution in [0.1, 0.15) is 15.9 Å². The zero-order valence-electron chi connectivity index (χ0n) is 8.40. The maximum atomic E-state index is 13.1. The van der Waals surface area contributed by atoms with Crippen molar-refractivity contribution >= 4 is 5.97 Å². The Balaban J connectivity index is 2.62. The summed E-state index contributed by atoms with van der Waals surface area (Å²) in [5, 5.41) is 12.3. The van der Waals surface area contributed by atoms with Gasteiger partial charge in [-0.3, -0.25) is 0 Å². The molecule has 0 saturated heterocycles. The fourth-order valence-corrected chi connectivity index (χ4v) is 1.43. The Labute approximate surface area is 90.3 Å². The highest BCUT2D eigenvalue weighted by atomic mass is 19.1. The van der Waals surface area contributed by atoms with Crippen LogP contribution in [0.4, 0.5) is 4.39 Å². The Morgan fingerprint density at radius 3 is 2.94 bits per heavy atom. The van der Waals surface area contributed by atoms with E-state index >= 15 is 0 Å². The van der Waals surface area contributed by atoms with E-state index in [9.17, 15) is 9.18 Å². The van der Waals surface area contributed by atoms with Gasteiger partial charge in [0, 0.05) is 5.56 Å². The third-order valence-electron chi connectivity index (χ3n) is 2.25. The predicted molar refractivity (Wildman–Crippen MR) is 53.6 cm³/mol. The standard InChI is InChI=1S/C11H8FNO3/c1-6-2-3-7(12)4-8(6)10-9(11(14)15)5-13-16-10/h2-5H,1H3,(H,14,15). The highest BCUT2D eigenvalue weighted by molar-refractivity contribution is 5.94. The van der Waals surface area contributed by atoms with E-state index in [1.165, 1.54) is 12.1 Å². The van der Waals surface area contributed by atoms with Gasteiger partial charge in [0.1, 0.15) is 11.4 Å². The van der Waals surface area contributed by atoms with E-state index in [4.69, 9.17) is 9.63 Å². The lowest BCUT2D eigenvalue weighted by Crippen LogP contribution is -1.97. The van der Waals surface area contributed by atoms with Gasteiger partial charge in [0.2, 0.25) is 0 Å². The van der Waals surface area contributed by atoms with Gasteiger partial charge in [-0.05, 0) is 24.6 Å². The van der Waals surface area contributed by atoms with Crippen LogP contribution < -0.4 is 0 Å². The zero-order chi connectivity index (χ0) is 11.7. The van der Waals surface area contributed by atoms with E-state index in [1.807, 2.05) is 0 Å². The monoisotopic (exact) mass is 221 g/mol. The van der Waals surface area contributed by atoms with Crippen LogP contribution in [-0.2, 0) is 0 Å². The molecule has 16 heavy (non-hydrogen) atoms. The van der Waals surface area contributed by atoms with Crippen LogP contribution in [0.15, 0.2) is 28.9 Å². The fraction of sp³-hybridized carbons (Fsp3) is 0.0909. The fourth-order valence-electron chi connectivity index (χ4n) is 1.43. The third kappa shape index (κ3) is 1.67. The summed E-state index contributed by atoms with van der Waals surface area (Å²) in [5.41, 5.74) is 1.05. The number of aryl methyl sites for hydroxylation is 1. The second-order valence-corrected chi connectivity index (χ2v) is 3.33. The molecule has 2 rings (SSSR count). The summed E-state index contributed by atoms with van der Waals surface area (Å²) >= 11 is 0. The summed E-state index contributed by atoms with van der Waals surface area (Å²) in [6.07, 6.45) is 1.10. The Bertz CT molecular complexity index is 548. The number of nitrogens with zero attached hydrogens (tertiary/aromatic N) is 1. The lowest BCUT2D eigenvalue weighted by molar-refractivity contribution is 0.0697. The predicted octanol–water partition coefficient (Wildman–Crippen LogP) is 2.49. The lowest BCUT2D eigenvalue weighted by atomic mass is 10.0. The number of carbonyl (C=O) groups is 1.